The molecule has 1 aromatic rings. The average Bonchev–Trinajstić information content (AvgIpc) is 2.89. The standard InChI is InChI=1S/C10H14BrClN4O2S/c1-18-8-2-4-15(5-3-11)10(17)16(8)9-14-13-7(6-12)19-9/h8H,2-6H2,1H3. The zero-order valence-corrected chi connectivity index (χ0v) is 13.5. The Balaban J connectivity index is 2.23. The lowest BCUT2D eigenvalue weighted by Gasteiger charge is -2.38. The molecule has 2 amide bonds. The first kappa shape index (κ1) is 15.0. The van der Waals surface area contributed by atoms with Crippen molar-refractivity contribution in [2.24, 2.45) is 0 Å². The van der Waals surface area contributed by atoms with E-state index >= 15 is 0 Å². The van der Waals surface area contributed by atoms with Crippen LogP contribution in [0.4, 0.5) is 9.93 Å². The van der Waals surface area contributed by atoms with Gasteiger partial charge in [0.15, 0.2) is 0 Å². The molecule has 19 heavy (non-hydrogen) atoms. The lowest BCUT2D eigenvalue weighted by molar-refractivity contribution is 0.0668. The van der Waals surface area contributed by atoms with Crippen LogP contribution in [0.25, 0.3) is 0 Å². The van der Waals surface area contributed by atoms with E-state index in [2.05, 4.69) is 26.1 Å². The van der Waals surface area contributed by atoms with E-state index in [4.69, 9.17) is 16.3 Å². The summed E-state index contributed by atoms with van der Waals surface area (Å²) in [5.74, 6) is 0.294. The van der Waals surface area contributed by atoms with Crippen LogP contribution in [-0.2, 0) is 10.6 Å². The number of hydrogen-bond acceptors (Lipinski definition) is 5. The number of urea groups is 1. The highest BCUT2D eigenvalue weighted by molar-refractivity contribution is 9.09. The zero-order valence-electron chi connectivity index (χ0n) is 10.4. The molecule has 2 heterocycles. The van der Waals surface area contributed by atoms with Crippen molar-refractivity contribution in [1.29, 1.82) is 0 Å². The third-order valence-electron chi connectivity index (χ3n) is 2.81. The van der Waals surface area contributed by atoms with Crippen LogP contribution >= 0.6 is 38.9 Å². The number of nitrogens with zero attached hydrogens (tertiary/aromatic N) is 4. The van der Waals surface area contributed by atoms with Gasteiger partial charge in [-0.1, -0.05) is 27.3 Å². The molecule has 1 aliphatic rings. The highest BCUT2D eigenvalue weighted by atomic mass is 79.9. The maximum Gasteiger partial charge on any atom is 0.328 e. The van der Waals surface area contributed by atoms with E-state index in [0.717, 1.165) is 11.8 Å². The highest BCUT2D eigenvalue weighted by Gasteiger charge is 2.36. The number of alkyl halides is 2. The van der Waals surface area contributed by atoms with Gasteiger partial charge < -0.3 is 9.64 Å². The van der Waals surface area contributed by atoms with Crippen LogP contribution in [0.5, 0.6) is 0 Å². The Bertz CT molecular complexity index is 447. The first-order valence-electron chi connectivity index (χ1n) is 5.76. The lowest BCUT2D eigenvalue weighted by Crippen LogP contribution is -2.55. The van der Waals surface area contributed by atoms with Crippen molar-refractivity contribution >= 4 is 50.0 Å². The average molecular weight is 370 g/mol. The maximum atomic E-state index is 12.4. The van der Waals surface area contributed by atoms with Gasteiger partial charge in [-0.05, 0) is 0 Å². The number of ether oxygens (including phenoxy) is 1. The SMILES string of the molecule is COC1CCN(CCBr)C(=O)N1c1nnc(CCl)s1. The van der Waals surface area contributed by atoms with Gasteiger partial charge in [0.1, 0.15) is 11.2 Å². The minimum absolute atomic E-state index is 0.102. The quantitative estimate of drug-likeness (QED) is 0.747. The number of rotatable bonds is 5. The number of anilines is 1. The van der Waals surface area contributed by atoms with Crippen LogP contribution in [0, 0.1) is 0 Å². The molecule has 0 aromatic carbocycles. The summed E-state index contributed by atoms with van der Waals surface area (Å²) >= 11 is 10.4. The minimum atomic E-state index is -0.296. The number of methoxy groups -OCH3 is 1. The van der Waals surface area contributed by atoms with Gasteiger partial charge in [-0.2, -0.15) is 0 Å². The normalized spacial score (nSPS) is 20.2. The van der Waals surface area contributed by atoms with Crippen molar-refractivity contribution in [3.8, 4) is 0 Å². The van der Waals surface area contributed by atoms with Crippen LogP contribution in [-0.4, -0.2) is 52.9 Å². The van der Waals surface area contributed by atoms with E-state index in [1.807, 2.05) is 0 Å². The summed E-state index contributed by atoms with van der Waals surface area (Å²) in [5, 5.41) is 9.94. The summed E-state index contributed by atoms with van der Waals surface area (Å²) in [6, 6.07) is -0.102. The summed E-state index contributed by atoms with van der Waals surface area (Å²) in [6.45, 7) is 1.34. The largest absolute Gasteiger partial charge is 0.361 e. The number of amides is 2. The fraction of sp³-hybridized carbons (Fsp3) is 0.700. The molecule has 106 valence electrons. The minimum Gasteiger partial charge on any atom is -0.361 e. The Kier molecular flexibility index (Phi) is 5.37. The third kappa shape index (κ3) is 3.18. The van der Waals surface area contributed by atoms with Gasteiger partial charge in [-0.25, -0.2) is 9.69 Å². The van der Waals surface area contributed by atoms with Gasteiger partial charge in [0.2, 0.25) is 5.13 Å². The van der Waals surface area contributed by atoms with Crippen molar-refractivity contribution in [2.75, 3.05) is 30.4 Å². The van der Waals surface area contributed by atoms with E-state index in [9.17, 15) is 4.79 Å². The summed E-state index contributed by atoms with van der Waals surface area (Å²) in [6.07, 6.45) is 0.445. The molecule has 1 unspecified atom stereocenters. The molecule has 0 bridgehead atoms. The fourth-order valence-corrected chi connectivity index (χ4v) is 3.27. The number of halogens is 2. The lowest BCUT2D eigenvalue weighted by atomic mass is 10.2. The summed E-state index contributed by atoms with van der Waals surface area (Å²) < 4.78 is 5.37. The second kappa shape index (κ2) is 6.83. The van der Waals surface area contributed by atoms with Gasteiger partial charge in [-0.15, -0.1) is 21.8 Å². The topological polar surface area (TPSA) is 58.6 Å². The van der Waals surface area contributed by atoms with Crippen LogP contribution < -0.4 is 4.90 Å². The number of carbonyl (C=O) groups is 1. The molecule has 0 saturated carbocycles. The third-order valence-corrected chi connectivity index (χ3v) is 4.50. The van der Waals surface area contributed by atoms with E-state index in [-0.39, 0.29) is 12.3 Å². The predicted molar refractivity (Wildman–Crippen MR) is 78.1 cm³/mol. The molecular formula is C10H14BrClN4O2S. The molecule has 0 N–H and O–H groups in total. The molecule has 1 saturated heterocycles. The van der Waals surface area contributed by atoms with Crippen LogP contribution in [0.2, 0.25) is 0 Å². The molecule has 0 radical (unpaired) electrons. The maximum absolute atomic E-state index is 12.4. The number of hydrogen-bond donors (Lipinski definition) is 0. The van der Waals surface area contributed by atoms with E-state index in [1.54, 1.807) is 16.9 Å². The van der Waals surface area contributed by atoms with E-state index in [1.165, 1.54) is 11.3 Å². The van der Waals surface area contributed by atoms with Gasteiger partial charge in [0.05, 0.1) is 5.88 Å². The van der Waals surface area contributed by atoms with Crippen molar-refractivity contribution in [3.05, 3.63) is 5.01 Å². The monoisotopic (exact) mass is 368 g/mol. The molecule has 9 heteroatoms. The highest BCUT2D eigenvalue weighted by Crippen LogP contribution is 2.28. The van der Waals surface area contributed by atoms with Crippen LogP contribution in [0.1, 0.15) is 11.4 Å². The van der Waals surface area contributed by atoms with Gasteiger partial charge in [0.25, 0.3) is 0 Å². The molecule has 6 nitrogen and oxygen atoms in total. The van der Waals surface area contributed by atoms with Crippen molar-refractivity contribution in [1.82, 2.24) is 15.1 Å². The van der Waals surface area contributed by atoms with Gasteiger partial charge >= 0.3 is 6.03 Å². The summed E-state index contributed by atoms with van der Waals surface area (Å²) in [5.41, 5.74) is 0. The smallest absolute Gasteiger partial charge is 0.328 e. The second-order valence-corrected chi connectivity index (χ2v) is 6.02. The summed E-state index contributed by atoms with van der Waals surface area (Å²) in [7, 11) is 1.59. The molecule has 1 fully saturated rings. The first-order valence-corrected chi connectivity index (χ1v) is 8.23. The Hall–Kier alpha value is -0.440. The fourth-order valence-electron chi connectivity index (χ4n) is 1.90. The zero-order chi connectivity index (χ0) is 13.8. The molecule has 1 atom stereocenters. The molecule has 2 rings (SSSR count). The summed E-state index contributed by atoms with van der Waals surface area (Å²) in [4.78, 5) is 15.8. The first-order chi connectivity index (χ1) is 9.21. The molecule has 1 aromatic heterocycles. The van der Waals surface area contributed by atoms with Crippen molar-refractivity contribution in [2.45, 2.75) is 18.5 Å². The molecule has 0 aliphatic carbocycles. The van der Waals surface area contributed by atoms with Crippen molar-refractivity contribution in [3.63, 3.8) is 0 Å². The van der Waals surface area contributed by atoms with Gasteiger partial charge in [0, 0.05) is 32.0 Å². The Morgan fingerprint density at radius 2 is 2.37 bits per heavy atom. The Morgan fingerprint density at radius 1 is 1.58 bits per heavy atom. The van der Waals surface area contributed by atoms with Crippen molar-refractivity contribution < 1.29 is 9.53 Å². The molecule has 1 aliphatic heterocycles. The second-order valence-electron chi connectivity index (χ2n) is 3.92. The van der Waals surface area contributed by atoms with Gasteiger partial charge in [-0.3, -0.25) is 0 Å². The Morgan fingerprint density at radius 3 is 2.95 bits per heavy atom. The van der Waals surface area contributed by atoms with Crippen LogP contribution in [0.3, 0.4) is 0 Å². The molecule has 0 spiro atoms. The predicted octanol–water partition coefficient (Wildman–Crippen LogP) is 2.28. The van der Waals surface area contributed by atoms with E-state index < -0.39 is 0 Å². The molecular weight excluding hydrogens is 356 g/mol. The number of carbonyl (C=O) groups excluding carboxylic acids is 1. The van der Waals surface area contributed by atoms with Crippen LogP contribution in [0.15, 0.2) is 0 Å². The number of aromatic nitrogens is 2. The Labute approximate surface area is 128 Å². The van der Waals surface area contributed by atoms with E-state index in [0.29, 0.717) is 29.1 Å².